The van der Waals surface area contributed by atoms with Gasteiger partial charge >= 0.3 is 0 Å². The van der Waals surface area contributed by atoms with Crippen molar-refractivity contribution in [2.45, 2.75) is 12.8 Å². The zero-order valence-electron chi connectivity index (χ0n) is 12.5. The molecule has 0 aromatic carbocycles. The van der Waals surface area contributed by atoms with Crippen LogP contribution < -0.4 is 10.9 Å². The Morgan fingerprint density at radius 1 is 0.696 bits per heavy atom. The molecule has 0 aliphatic carbocycles. The lowest BCUT2D eigenvalue weighted by atomic mass is 10.4. The molecule has 2 aliphatic heterocycles. The number of amides is 4. The molecule has 0 saturated heterocycles. The Bertz CT molecular complexity index is 473. The molecule has 0 spiro atoms. The quantitative estimate of drug-likeness (QED) is 0.378. The van der Waals surface area contributed by atoms with Gasteiger partial charge in [-0.15, -0.1) is 0 Å². The van der Waals surface area contributed by atoms with Gasteiger partial charge in [0, 0.05) is 50.6 Å². The van der Waals surface area contributed by atoms with Crippen LogP contribution in [0.25, 0.3) is 0 Å². The summed E-state index contributed by atoms with van der Waals surface area (Å²) in [5, 5.41) is 1.92. The predicted molar refractivity (Wildman–Crippen MR) is 78.0 cm³/mol. The smallest absolute Gasteiger partial charge is 0.268 e. The van der Waals surface area contributed by atoms with E-state index in [9.17, 15) is 19.2 Å². The van der Waals surface area contributed by atoms with Crippen LogP contribution in [-0.4, -0.2) is 59.9 Å². The van der Waals surface area contributed by atoms with E-state index < -0.39 is 0 Å². The van der Waals surface area contributed by atoms with Crippen molar-refractivity contribution in [1.29, 1.82) is 0 Å². The maximum Gasteiger partial charge on any atom is 0.268 e. The first-order valence-corrected chi connectivity index (χ1v) is 7.26. The van der Waals surface area contributed by atoms with Crippen LogP contribution in [0, 0.1) is 0 Å². The van der Waals surface area contributed by atoms with Crippen LogP contribution in [0.2, 0.25) is 0 Å². The van der Waals surface area contributed by atoms with Gasteiger partial charge in [0.1, 0.15) is 0 Å². The summed E-state index contributed by atoms with van der Waals surface area (Å²) in [5.74, 6) is -1.49. The van der Waals surface area contributed by atoms with E-state index in [0.29, 0.717) is 39.1 Å². The van der Waals surface area contributed by atoms with Gasteiger partial charge in [-0.3, -0.25) is 19.2 Å². The zero-order valence-corrected chi connectivity index (χ0v) is 12.5. The summed E-state index contributed by atoms with van der Waals surface area (Å²) in [5.41, 5.74) is 5.44. The van der Waals surface area contributed by atoms with Gasteiger partial charge in [0.15, 0.2) is 0 Å². The lowest BCUT2D eigenvalue weighted by Gasteiger charge is -2.15. The standard InChI is InChI=1S/C14H18N4O5/c19-11-3-4-12(20)17(11)15-7-1-9-23-10-2-8-16-18-13(21)5-6-14(18)22/h3-6,15-16H,1-2,7-10H2. The second-order valence-corrected chi connectivity index (χ2v) is 4.83. The third-order valence-electron chi connectivity index (χ3n) is 3.09. The van der Waals surface area contributed by atoms with Gasteiger partial charge in [0.25, 0.3) is 23.6 Å². The van der Waals surface area contributed by atoms with Gasteiger partial charge in [-0.1, -0.05) is 0 Å². The molecule has 4 amide bonds. The summed E-state index contributed by atoms with van der Waals surface area (Å²) in [6.45, 7) is 1.83. The van der Waals surface area contributed by atoms with Crippen LogP contribution in [0.4, 0.5) is 0 Å². The summed E-state index contributed by atoms with van der Waals surface area (Å²) in [4.78, 5) is 45.0. The molecular weight excluding hydrogens is 304 g/mol. The number of nitrogens with zero attached hydrogens (tertiary/aromatic N) is 2. The number of carbonyl (C=O) groups is 4. The first kappa shape index (κ1) is 17.0. The number of hydrogen-bond donors (Lipinski definition) is 2. The molecule has 0 aromatic heterocycles. The minimum atomic E-state index is -0.373. The molecule has 2 aliphatic rings. The van der Waals surface area contributed by atoms with Crippen molar-refractivity contribution in [2.75, 3.05) is 26.3 Å². The van der Waals surface area contributed by atoms with Crippen LogP contribution >= 0.6 is 0 Å². The average Bonchev–Trinajstić information content (AvgIpc) is 3.02. The third kappa shape index (κ3) is 4.81. The number of rotatable bonds is 10. The molecule has 9 nitrogen and oxygen atoms in total. The molecule has 0 saturated carbocycles. The van der Waals surface area contributed by atoms with E-state index in [1.54, 1.807) is 0 Å². The van der Waals surface area contributed by atoms with Gasteiger partial charge in [-0.05, 0) is 12.8 Å². The molecule has 2 heterocycles. The molecule has 0 atom stereocenters. The topological polar surface area (TPSA) is 108 Å². The number of hydrogen-bond acceptors (Lipinski definition) is 7. The van der Waals surface area contributed by atoms with Gasteiger partial charge in [0.2, 0.25) is 0 Å². The monoisotopic (exact) mass is 322 g/mol. The van der Waals surface area contributed by atoms with E-state index in [-0.39, 0.29) is 23.6 Å². The Kier molecular flexibility index (Phi) is 6.15. The number of imide groups is 2. The SMILES string of the molecule is O=C1C=CC(=O)N1NCCCOCCCNN1C(=O)C=CC1=O. The van der Waals surface area contributed by atoms with Crippen LogP contribution in [-0.2, 0) is 23.9 Å². The van der Waals surface area contributed by atoms with E-state index >= 15 is 0 Å². The Hall–Kier alpha value is -2.36. The molecule has 23 heavy (non-hydrogen) atoms. The first-order chi connectivity index (χ1) is 11.1. The number of nitrogens with one attached hydrogen (secondary N) is 2. The van der Waals surface area contributed by atoms with Gasteiger partial charge < -0.3 is 4.74 Å². The first-order valence-electron chi connectivity index (χ1n) is 7.26. The highest BCUT2D eigenvalue weighted by molar-refractivity contribution is 6.12. The summed E-state index contributed by atoms with van der Waals surface area (Å²) in [7, 11) is 0. The maximum atomic E-state index is 11.2. The highest BCUT2D eigenvalue weighted by Gasteiger charge is 2.23. The molecule has 124 valence electrons. The van der Waals surface area contributed by atoms with Gasteiger partial charge in [-0.25, -0.2) is 20.9 Å². The Morgan fingerprint density at radius 2 is 1.04 bits per heavy atom. The van der Waals surface area contributed by atoms with Crippen LogP contribution in [0.3, 0.4) is 0 Å². The lowest BCUT2D eigenvalue weighted by molar-refractivity contribution is -0.142. The Labute approximate surface area is 132 Å². The third-order valence-corrected chi connectivity index (χ3v) is 3.09. The molecule has 9 heteroatoms. The van der Waals surface area contributed by atoms with Gasteiger partial charge in [0.05, 0.1) is 0 Å². The normalized spacial score (nSPS) is 17.2. The molecular formula is C14H18N4O5. The minimum Gasteiger partial charge on any atom is -0.381 e. The van der Waals surface area contributed by atoms with E-state index in [2.05, 4.69) is 10.9 Å². The molecule has 0 unspecified atom stereocenters. The predicted octanol–water partition coefficient (Wildman–Crippen LogP) is -1.36. The molecule has 0 aromatic rings. The Balaban J connectivity index is 1.43. The van der Waals surface area contributed by atoms with Crippen molar-refractivity contribution in [3.63, 3.8) is 0 Å². The highest BCUT2D eigenvalue weighted by Crippen LogP contribution is 2.00. The summed E-state index contributed by atoms with van der Waals surface area (Å²) >= 11 is 0. The molecule has 0 bridgehead atoms. The fraction of sp³-hybridized carbons (Fsp3) is 0.429. The van der Waals surface area contributed by atoms with Crippen molar-refractivity contribution < 1.29 is 23.9 Å². The molecule has 2 N–H and O–H groups in total. The maximum absolute atomic E-state index is 11.2. The molecule has 2 rings (SSSR count). The van der Waals surface area contributed by atoms with Crippen molar-refractivity contribution in [3.8, 4) is 0 Å². The van der Waals surface area contributed by atoms with E-state index in [0.717, 1.165) is 10.0 Å². The highest BCUT2D eigenvalue weighted by atomic mass is 16.5. The second kappa shape index (κ2) is 8.32. The molecule has 0 radical (unpaired) electrons. The summed E-state index contributed by atoms with van der Waals surface area (Å²) < 4.78 is 5.38. The summed E-state index contributed by atoms with van der Waals surface area (Å²) in [6, 6.07) is 0. The Morgan fingerprint density at radius 3 is 1.39 bits per heavy atom. The van der Waals surface area contributed by atoms with E-state index in [1.165, 1.54) is 24.3 Å². The zero-order chi connectivity index (χ0) is 16.7. The molecule has 0 fully saturated rings. The van der Waals surface area contributed by atoms with Crippen LogP contribution in [0.1, 0.15) is 12.8 Å². The van der Waals surface area contributed by atoms with Crippen molar-refractivity contribution >= 4 is 23.6 Å². The number of carbonyl (C=O) groups excluding carboxylic acids is 4. The lowest BCUT2D eigenvalue weighted by Crippen LogP contribution is -2.43. The van der Waals surface area contributed by atoms with Crippen molar-refractivity contribution in [1.82, 2.24) is 20.9 Å². The fourth-order valence-corrected chi connectivity index (χ4v) is 1.94. The van der Waals surface area contributed by atoms with Crippen molar-refractivity contribution in [2.24, 2.45) is 0 Å². The average molecular weight is 322 g/mol. The minimum absolute atomic E-state index is 0.373. The second-order valence-electron chi connectivity index (χ2n) is 4.83. The number of hydrazine groups is 2. The van der Waals surface area contributed by atoms with Crippen LogP contribution in [0.15, 0.2) is 24.3 Å². The summed E-state index contributed by atoms with van der Waals surface area (Å²) in [6.07, 6.45) is 6.12. The van der Waals surface area contributed by atoms with E-state index in [4.69, 9.17) is 4.74 Å². The van der Waals surface area contributed by atoms with E-state index in [1.807, 2.05) is 0 Å². The number of ether oxygens (including phenoxy) is 1. The fourth-order valence-electron chi connectivity index (χ4n) is 1.94. The largest absolute Gasteiger partial charge is 0.381 e. The van der Waals surface area contributed by atoms with Crippen LogP contribution in [0.5, 0.6) is 0 Å². The van der Waals surface area contributed by atoms with Gasteiger partial charge in [-0.2, -0.15) is 0 Å². The van der Waals surface area contributed by atoms with Crippen molar-refractivity contribution in [3.05, 3.63) is 24.3 Å².